The normalized spacial score (nSPS) is 13.6. The number of aromatic amines is 1. The highest BCUT2D eigenvalue weighted by atomic mass is 35.5. The second-order valence-corrected chi connectivity index (χ2v) is 7.19. The summed E-state index contributed by atoms with van der Waals surface area (Å²) in [6, 6.07) is 6.06. The van der Waals surface area contributed by atoms with Crippen molar-refractivity contribution in [2.45, 2.75) is 20.4 Å². The van der Waals surface area contributed by atoms with Crippen molar-refractivity contribution in [3.8, 4) is 11.3 Å². The molecule has 136 valence electrons. The zero-order valence-corrected chi connectivity index (χ0v) is 16.1. The zero-order chi connectivity index (χ0) is 19.0. The van der Waals surface area contributed by atoms with Crippen molar-refractivity contribution in [3.63, 3.8) is 0 Å². The quantitative estimate of drug-likeness (QED) is 0.683. The Morgan fingerprint density at radius 1 is 1.22 bits per heavy atom. The van der Waals surface area contributed by atoms with Crippen molar-refractivity contribution >= 4 is 28.2 Å². The van der Waals surface area contributed by atoms with Gasteiger partial charge in [0.2, 0.25) is 0 Å². The van der Waals surface area contributed by atoms with Crippen molar-refractivity contribution in [3.05, 3.63) is 70.9 Å². The van der Waals surface area contributed by atoms with Crippen LogP contribution in [0.2, 0.25) is 5.02 Å². The Bertz CT molecular complexity index is 1090. The van der Waals surface area contributed by atoms with Crippen molar-refractivity contribution in [1.82, 2.24) is 20.3 Å². The highest BCUT2D eigenvalue weighted by Crippen LogP contribution is 2.31. The first kappa shape index (κ1) is 17.5. The third kappa shape index (κ3) is 3.64. The van der Waals surface area contributed by atoms with E-state index in [9.17, 15) is 0 Å². The molecule has 27 heavy (non-hydrogen) atoms. The largest absolute Gasteiger partial charge is 0.378 e. The number of hydrogen-bond acceptors (Lipinski definition) is 4. The molecule has 0 radical (unpaired) electrons. The molecule has 2 aromatic heterocycles. The summed E-state index contributed by atoms with van der Waals surface area (Å²) in [6.07, 6.45) is 5.55. The van der Waals surface area contributed by atoms with Gasteiger partial charge in [0.05, 0.1) is 47.1 Å². The highest BCUT2D eigenvalue weighted by Gasteiger charge is 2.11. The Morgan fingerprint density at radius 3 is 2.78 bits per heavy atom. The van der Waals surface area contributed by atoms with Crippen LogP contribution in [0, 0.1) is 6.92 Å². The van der Waals surface area contributed by atoms with Crippen LogP contribution in [0.4, 0.5) is 0 Å². The molecule has 0 amide bonds. The summed E-state index contributed by atoms with van der Waals surface area (Å²) in [5.74, 6) is 0. The van der Waals surface area contributed by atoms with Gasteiger partial charge in [-0.3, -0.25) is 15.0 Å². The van der Waals surface area contributed by atoms with E-state index in [2.05, 4.69) is 50.9 Å². The maximum atomic E-state index is 6.48. The summed E-state index contributed by atoms with van der Waals surface area (Å²) in [5, 5.41) is 5.05. The number of hydrogen-bond donors (Lipinski definition) is 2. The minimum Gasteiger partial charge on any atom is -0.378 e. The number of aromatic nitrogens is 3. The molecule has 3 heterocycles. The minimum atomic E-state index is 0.636. The van der Waals surface area contributed by atoms with Crippen LogP contribution in [0.15, 0.2) is 59.5 Å². The van der Waals surface area contributed by atoms with Crippen LogP contribution in [0.1, 0.15) is 18.3 Å². The molecule has 5 nitrogen and oxygen atoms in total. The first-order valence-corrected chi connectivity index (χ1v) is 9.12. The Balaban J connectivity index is 1.55. The van der Waals surface area contributed by atoms with E-state index in [0.717, 1.165) is 51.5 Å². The van der Waals surface area contributed by atoms with Crippen LogP contribution in [-0.2, 0) is 6.54 Å². The number of fused-ring (bicyclic) bond motifs is 1. The Morgan fingerprint density at radius 2 is 2.07 bits per heavy atom. The van der Waals surface area contributed by atoms with Crippen LogP contribution >= 0.6 is 11.6 Å². The lowest BCUT2D eigenvalue weighted by atomic mass is 10.1. The number of aliphatic imine (C=N–C) groups is 1. The van der Waals surface area contributed by atoms with Crippen LogP contribution in [-0.4, -0.2) is 27.2 Å². The van der Waals surface area contributed by atoms with E-state index in [1.165, 1.54) is 5.57 Å². The second-order valence-electron chi connectivity index (χ2n) is 6.78. The molecular weight excluding hydrogens is 358 g/mol. The van der Waals surface area contributed by atoms with Gasteiger partial charge >= 0.3 is 0 Å². The molecule has 0 aliphatic carbocycles. The number of nitrogens with one attached hydrogen (secondary N) is 2. The summed E-state index contributed by atoms with van der Waals surface area (Å²) in [7, 11) is 0. The van der Waals surface area contributed by atoms with Gasteiger partial charge in [-0.1, -0.05) is 18.2 Å². The van der Waals surface area contributed by atoms with Gasteiger partial charge in [0.25, 0.3) is 0 Å². The van der Waals surface area contributed by atoms with Crippen molar-refractivity contribution in [2.24, 2.45) is 4.99 Å². The molecule has 4 rings (SSSR count). The summed E-state index contributed by atoms with van der Waals surface area (Å²) in [4.78, 5) is 16.6. The van der Waals surface area contributed by atoms with Crippen LogP contribution in [0.25, 0.3) is 22.2 Å². The van der Waals surface area contributed by atoms with Gasteiger partial charge in [-0.05, 0) is 43.7 Å². The van der Waals surface area contributed by atoms with Gasteiger partial charge in [-0.25, -0.2) is 0 Å². The maximum absolute atomic E-state index is 6.48. The zero-order valence-electron chi connectivity index (χ0n) is 15.3. The molecule has 0 fully saturated rings. The second kappa shape index (κ2) is 7.00. The van der Waals surface area contributed by atoms with Crippen LogP contribution in [0.5, 0.6) is 0 Å². The molecule has 0 saturated carbocycles. The van der Waals surface area contributed by atoms with Gasteiger partial charge < -0.3 is 10.3 Å². The Kier molecular flexibility index (Phi) is 4.54. The van der Waals surface area contributed by atoms with Crippen LogP contribution < -0.4 is 5.32 Å². The molecule has 1 aliphatic heterocycles. The van der Waals surface area contributed by atoms with E-state index in [1.54, 1.807) is 12.4 Å². The fraction of sp³-hybridized carbons (Fsp3) is 0.190. The molecule has 0 atom stereocenters. The minimum absolute atomic E-state index is 0.636. The Hall–Kier alpha value is -2.92. The monoisotopic (exact) mass is 377 g/mol. The average Bonchev–Trinajstić information content (AvgIpc) is 3.25. The number of H-pyrrole nitrogens is 1. The number of rotatable bonds is 5. The number of allylic oxidation sites excluding steroid dienone is 1. The van der Waals surface area contributed by atoms with Gasteiger partial charge in [-0.15, -0.1) is 0 Å². The number of nitrogens with zero attached hydrogens (tertiary/aromatic N) is 3. The molecule has 6 heteroatoms. The topological polar surface area (TPSA) is 66.0 Å². The summed E-state index contributed by atoms with van der Waals surface area (Å²) < 4.78 is 0. The summed E-state index contributed by atoms with van der Waals surface area (Å²) in [5.41, 5.74) is 7.56. The molecule has 0 spiro atoms. The number of aryl methyl sites for hydroxylation is 1. The van der Waals surface area contributed by atoms with E-state index in [0.29, 0.717) is 11.6 Å². The molecule has 1 aromatic carbocycles. The first-order chi connectivity index (χ1) is 13.0. The molecule has 0 saturated heterocycles. The number of halogens is 1. The highest BCUT2D eigenvalue weighted by molar-refractivity contribution is 6.34. The lowest BCUT2D eigenvalue weighted by Gasteiger charge is -2.07. The molecule has 1 aliphatic rings. The van der Waals surface area contributed by atoms with Gasteiger partial charge in [0.1, 0.15) is 0 Å². The smallest absolute Gasteiger partial charge is 0.0901 e. The third-order valence-corrected chi connectivity index (χ3v) is 4.82. The molecule has 0 bridgehead atoms. The molecule has 3 aromatic rings. The maximum Gasteiger partial charge on any atom is 0.0901 e. The SMILES string of the molecule is C=C(NCc1cc2cc(Cl)c(-c3cnc(C)cn3)cc2[nH]1)C1=NCC(C)=C1. The van der Waals surface area contributed by atoms with Crippen molar-refractivity contribution in [1.29, 1.82) is 0 Å². The third-order valence-electron chi connectivity index (χ3n) is 4.50. The van der Waals surface area contributed by atoms with Gasteiger partial charge in [0, 0.05) is 28.4 Å². The predicted molar refractivity (Wildman–Crippen MR) is 111 cm³/mol. The van der Waals surface area contributed by atoms with E-state index in [4.69, 9.17) is 11.6 Å². The standard InChI is InChI=1S/C21H20ClN5/c1-12-4-19(25-8-12)14(3)24-10-16-5-15-6-18(22)17(7-20(15)27-16)21-11-23-13(2)9-26-21/h4-7,9,11,24,27H,3,8,10H2,1-2H3. The van der Waals surface area contributed by atoms with Gasteiger partial charge in [0.15, 0.2) is 0 Å². The molecular formula is C21H20ClN5. The first-order valence-electron chi connectivity index (χ1n) is 8.74. The lowest BCUT2D eigenvalue weighted by molar-refractivity contribution is 0.827. The summed E-state index contributed by atoms with van der Waals surface area (Å²) >= 11 is 6.48. The fourth-order valence-corrected chi connectivity index (χ4v) is 3.31. The van der Waals surface area contributed by atoms with Crippen LogP contribution in [0.3, 0.4) is 0 Å². The van der Waals surface area contributed by atoms with E-state index in [1.807, 2.05) is 19.1 Å². The van der Waals surface area contributed by atoms with E-state index < -0.39 is 0 Å². The van der Waals surface area contributed by atoms with Gasteiger partial charge in [-0.2, -0.15) is 0 Å². The average molecular weight is 378 g/mol. The summed E-state index contributed by atoms with van der Waals surface area (Å²) in [6.45, 7) is 9.45. The lowest BCUT2D eigenvalue weighted by Crippen LogP contribution is -2.17. The number of benzene rings is 1. The van der Waals surface area contributed by atoms with Crippen molar-refractivity contribution < 1.29 is 0 Å². The predicted octanol–water partition coefficient (Wildman–Crippen LogP) is 4.59. The fourth-order valence-electron chi connectivity index (χ4n) is 3.05. The molecule has 2 N–H and O–H groups in total. The Labute approximate surface area is 162 Å². The molecule has 0 unspecified atom stereocenters. The van der Waals surface area contributed by atoms with Crippen molar-refractivity contribution in [2.75, 3.05) is 6.54 Å². The van der Waals surface area contributed by atoms with E-state index in [-0.39, 0.29) is 0 Å². The van der Waals surface area contributed by atoms with E-state index >= 15 is 0 Å².